The minimum Gasteiger partial charge on any atom is -0.373 e. The molecule has 0 atom stereocenters. The Kier molecular flexibility index (Phi) is 4.20. The summed E-state index contributed by atoms with van der Waals surface area (Å²) in [6, 6.07) is 4.13. The van der Waals surface area contributed by atoms with Gasteiger partial charge in [-0.3, -0.25) is 0 Å². The first-order valence-corrected chi connectivity index (χ1v) is 8.03. The first-order valence-electron chi connectivity index (χ1n) is 7.04. The Morgan fingerprint density at radius 3 is 3.15 bits per heavy atom. The number of rotatable bonds is 4. The van der Waals surface area contributed by atoms with Crippen LogP contribution in [0, 0.1) is 0 Å². The summed E-state index contributed by atoms with van der Waals surface area (Å²) in [6.07, 6.45) is 6.67. The van der Waals surface area contributed by atoms with Gasteiger partial charge in [-0.1, -0.05) is 18.2 Å². The molecule has 0 bridgehead atoms. The van der Waals surface area contributed by atoms with Crippen LogP contribution in [0.2, 0.25) is 0 Å². The van der Waals surface area contributed by atoms with E-state index in [4.69, 9.17) is 0 Å². The molecule has 0 saturated carbocycles. The van der Waals surface area contributed by atoms with Gasteiger partial charge in [0.25, 0.3) is 0 Å². The summed E-state index contributed by atoms with van der Waals surface area (Å²) in [5, 5.41) is 12.8. The summed E-state index contributed by atoms with van der Waals surface area (Å²) in [5.41, 5.74) is 1.25. The largest absolute Gasteiger partial charge is 0.373 e. The summed E-state index contributed by atoms with van der Waals surface area (Å²) in [6.45, 7) is 1.06. The van der Waals surface area contributed by atoms with Crippen LogP contribution in [0.5, 0.6) is 0 Å². The molecule has 1 aliphatic heterocycles. The molecule has 106 valence electrons. The maximum atomic E-state index is 4.34. The molecule has 1 N–H and O–H groups in total. The van der Waals surface area contributed by atoms with E-state index in [9.17, 15) is 0 Å². The Morgan fingerprint density at radius 2 is 2.25 bits per heavy atom. The minimum atomic E-state index is 0.898. The molecule has 0 unspecified atom stereocenters. The molecule has 20 heavy (non-hydrogen) atoms. The first-order chi connectivity index (χ1) is 9.86. The van der Waals surface area contributed by atoms with Crippen molar-refractivity contribution in [2.24, 2.45) is 0 Å². The number of thioether (sulfide) groups is 1. The number of hydrogen-bond acceptors (Lipinski definition) is 5. The molecule has 0 aliphatic carbocycles. The first kappa shape index (κ1) is 13.4. The Balaban J connectivity index is 1.70. The third-order valence-electron chi connectivity index (χ3n) is 3.52. The monoisotopic (exact) mass is 289 g/mol. The lowest BCUT2D eigenvalue weighted by molar-refractivity contribution is 0.591. The molecule has 5 nitrogen and oxygen atoms in total. The van der Waals surface area contributed by atoms with E-state index >= 15 is 0 Å². The highest BCUT2D eigenvalue weighted by Crippen LogP contribution is 2.25. The fourth-order valence-electron chi connectivity index (χ4n) is 2.41. The van der Waals surface area contributed by atoms with Gasteiger partial charge in [-0.15, -0.1) is 10.2 Å². The molecule has 3 rings (SSSR count). The van der Waals surface area contributed by atoms with Gasteiger partial charge in [0.15, 0.2) is 5.16 Å². The van der Waals surface area contributed by atoms with Gasteiger partial charge in [0.2, 0.25) is 0 Å². The zero-order valence-electron chi connectivity index (χ0n) is 11.7. The summed E-state index contributed by atoms with van der Waals surface area (Å²) >= 11 is 1.76. The van der Waals surface area contributed by atoms with Gasteiger partial charge in [-0.25, -0.2) is 4.98 Å². The molecule has 0 spiro atoms. The molecule has 0 fully saturated rings. The number of nitrogens with zero attached hydrogens (tertiary/aromatic N) is 4. The average molecular weight is 289 g/mol. The number of nitrogens with one attached hydrogen (secondary N) is 1. The van der Waals surface area contributed by atoms with Crippen molar-refractivity contribution in [1.82, 2.24) is 19.7 Å². The van der Waals surface area contributed by atoms with Gasteiger partial charge in [0.1, 0.15) is 11.6 Å². The van der Waals surface area contributed by atoms with Gasteiger partial charge >= 0.3 is 0 Å². The lowest BCUT2D eigenvalue weighted by Crippen LogP contribution is -2.02. The van der Waals surface area contributed by atoms with E-state index in [1.807, 2.05) is 19.3 Å². The molecule has 0 radical (unpaired) electrons. The molecule has 2 aromatic rings. The number of fused-ring (bicyclic) bond motifs is 1. The Bertz CT molecular complexity index is 581. The van der Waals surface area contributed by atoms with Crippen molar-refractivity contribution in [3.63, 3.8) is 0 Å². The number of hydrogen-bond donors (Lipinski definition) is 1. The minimum absolute atomic E-state index is 0.898. The SMILES string of the molecule is CNc1cc(CSc2nnc3n2CCCCC3)ccn1. The van der Waals surface area contributed by atoms with Gasteiger partial charge in [0.05, 0.1) is 0 Å². The molecule has 1 aliphatic rings. The summed E-state index contributed by atoms with van der Waals surface area (Å²) in [4.78, 5) is 4.23. The molecular weight excluding hydrogens is 270 g/mol. The molecule has 0 amide bonds. The van der Waals surface area contributed by atoms with Crippen molar-refractivity contribution < 1.29 is 0 Å². The van der Waals surface area contributed by atoms with Gasteiger partial charge in [-0.05, 0) is 30.5 Å². The summed E-state index contributed by atoms with van der Waals surface area (Å²) < 4.78 is 2.29. The fraction of sp³-hybridized carbons (Fsp3) is 0.500. The van der Waals surface area contributed by atoms with Crippen LogP contribution in [-0.4, -0.2) is 26.8 Å². The van der Waals surface area contributed by atoms with Gasteiger partial charge < -0.3 is 9.88 Å². The van der Waals surface area contributed by atoms with E-state index in [0.717, 1.165) is 35.5 Å². The Labute approximate surface area is 123 Å². The second-order valence-corrected chi connectivity index (χ2v) is 5.89. The molecule has 0 saturated heterocycles. The summed E-state index contributed by atoms with van der Waals surface area (Å²) in [5.74, 6) is 2.95. The van der Waals surface area contributed by atoms with E-state index in [-0.39, 0.29) is 0 Å². The van der Waals surface area contributed by atoms with Crippen molar-refractivity contribution >= 4 is 17.6 Å². The Hall–Kier alpha value is -1.56. The normalized spacial score (nSPS) is 14.7. The van der Waals surface area contributed by atoms with Crippen LogP contribution in [-0.2, 0) is 18.7 Å². The third-order valence-corrected chi connectivity index (χ3v) is 4.56. The van der Waals surface area contributed by atoms with Crippen LogP contribution in [0.1, 0.15) is 30.7 Å². The van der Waals surface area contributed by atoms with Crippen molar-refractivity contribution in [3.05, 3.63) is 29.7 Å². The van der Waals surface area contributed by atoms with E-state index in [1.54, 1.807) is 11.8 Å². The molecule has 2 aromatic heterocycles. The fourth-order valence-corrected chi connectivity index (χ4v) is 3.34. The van der Waals surface area contributed by atoms with Crippen molar-refractivity contribution in [3.8, 4) is 0 Å². The van der Waals surface area contributed by atoms with Crippen LogP contribution in [0.25, 0.3) is 0 Å². The van der Waals surface area contributed by atoms with Crippen LogP contribution in [0.3, 0.4) is 0 Å². The second-order valence-electron chi connectivity index (χ2n) is 4.95. The van der Waals surface area contributed by atoms with Crippen molar-refractivity contribution in [2.75, 3.05) is 12.4 Å². The van der Waals surface area contributed by atoms with Gasteiger partial charge in [0, 0.05) is 32.0 Å². The second kappa shape index (κ2) is 6.26. The standard InChI is InChI=1S/C14H19N5S/c1-15-12-9-11(6-7-16-12)10-20-14-18-17-13-5-3-2-4-8-19(13)14/h6-7,9H,2-5,8,10H2,1H3,(H,15,16). The van der Waals surface area contributed by atoms with Crippen LogP contribution < -0.4 is 5.32 Å². The predicted molar refractivity (Wildman–Crippen MR) is 80.9 cm³/mol. The lowest BCUT2D eigenvalue weighted by Gasteiger charge is -2.07. The van der Waals surface area contributed by atoms with E-state index in [2.05, 4.69) is 31.1 Å². The topological polar surface area (TPSA) is 55.6 Å². The highest BCUT2D eigenvalue weighted by Gasteiger charge is 2.14. The quantitative estimate of drug-likeness (QED) is 0.877. The number of aryl methyl sites for hydroxylation is 1. The van der Waals surface area contributed by atoms with E-state index < -0.39 is 0 Å². The zero-order chi connectivity index (χ0) is 13.8. The average Bonchev–Trinajstić information content (AvgIpc) is 2.72. The molecular formula is C14H19N5S. The number of aromatic nitrogens is 4. The van der Waals surface area contributed by atoms with Crippen LogP contribution in [0.4, 0.5) is 5.82 Å². The van der Waals surface area contributed by atoms with E-state index in [0.29, 0.717) is 0 Å². The van der Waals surface area contributed by atoms with Crippen molar-refractivity contribution in [2.45, 2.75) is 43.1 Å². The molecule has 3 heterocycles. The van der Waals surface area contributed by atoms with Crippen LogP contribution >= 0.6 is 11.8 Å². The predicted octanol–water partition coefficient (Wildman–Crippen LogP) is 2.73. The molecule has 6 heteroatoms. The molecule has 0 aromatic carbocycles. The highest BCUT2D eigenvalue weighted by molar-refractivity contribution is 7.98. The third kappa shape index (κ3) is 2.95. The smallest absolute Gasteiger partial charge is 0.191 e. The van der Waals surface area contributed by atoms with Crippen LogP contribution in [0.15, 0.2) is 23.5 Å². The number of anilines is 1. The van der Waals surface area contributed by atoms with Crippen molar-refractivity contribution in [1.29, 1.82) is 0 Å². The summed E-state index contributed by atoms with van der Waals surface area (Å²) in [7, 11) is 1.89. The number of pyridine rings is 1. The lowest BCUT2D eigenvalue weighted by atomic mass is 10.2. The van der Waals surface area contributed by atoms with E-state index in [1.165, 1.54) is 24.8 Å². The Morgan fingerprint density at radius 1 is 1.30 bits per heavy atom. The maximum absolute atomic E-state index is 4.34. The van der Waals surface area contributed by atoms with Gasteiger partial charge in [-0.2, -0.15) is 0 Å². The zero-order valence-corrected chi connectivity index (χ0v) is 12.5. The highest BCUT2D eigenvalue weighted by atomic mass is 32.2. The maximum Gasteiger partial charge on any atom is 0.191 e.